The molecule has 1 amide bonds. The Balaban J connectivity index is 1.54. The minimum absolute atomic E-state index is 0.0866. The van der Waals surface area contributed by atoms with Crippen molar-refractivity contribution in [2.75, 3.05) is 13.2 Å². The topological polar surface area (TPSA) is 90.9 Å². The zero-order valence-electron chi connectivity index (χ0n) is 17.2. The van der Waals surface area contributed by atoms with E-state index in [4.69, 9.17) is 9.47 Å². The van der Waals surface area contributed by atoms with E-state index in [1.807, 2.05) is 62.4 Å². The van der Waals surface area contributed by atoms with Gasteiger partial charge in [0, 0.05) is 5.92 Å². The summed E-state index contributed by atoms with van der Waals surface area (Å²) in [6.45, 7) is 5.38. The fourth-order valence-electron chi connectivity index (χ4n) is 3.31. The van der Waals surface area contributed by atoms with Crippen molar-refractivity contribution in [3.8, 4) is 11.1 Å². The first-order chi connectivity index (χ1) is 14.4. The van der Waals surface area contributed by atoms with E-state index in [1.165, 1.54) is 6.92 Å². The van der Waals surface area contributed by atoms with Gasteiger partial charge in [-0.05, 0) is 35.1 Å². The van der Waals surface area contributed by atoms with Crippen LogP contribution in [0.2, 0.25) is 0 Å². The number of carbonyl (C=O) groups is 3. The number of carbonyl (C=O) groups excluding carboxylic acids is 3. The van der Waals surface area contributed by atoms with Gasteiger partial charge in [0.2, 0.25) is 0 Å². The van der Waals surface area contributed by atoms with Crippen LogP contribution < -0.4 is 5.32 Å². The second-order valence-corrected chi connectivity index (χ2v) is 7.57. The molecular weight excluding hydrogens is 386 g/mol. The number of fused-ring (bicyclic) bond motifs is 3. The highest BCUT2D eigenvalue weighted by molar-refractivity contribution is 5.87. The highest BCUT2D eigenvalue weighted by Gasteiger charge is 2.29. The molecule has 0 fully saturated rings. The Bertz CT molecular complexity index is 893. The van der Waals surface area contributed by atoms with Crippen LogP contribution in [0.3, 0.4) is 0 Å². The number of hydrogen-bond donors (Lipinski definition) is 1. The largest absolute Gasteiger partial charge is 0.516 e. The molecule has 1 atom stereocenters. The lowest BCUT2D eigenvalue weighted by molar-refractivity contribution is -0.141. The Morgan fingerprint density at radius 2 is 1.47 bits per heavy atom. The average molecular weight is 411 g/mol. The number of amides is 1. The number of esters is 1. The van der Waals surface area contributed by atoms with Gasteiger partial charge in [-0.3, -0.25) is 0 Å². The van der Waals surface area contributed by atoms with Crippen molar-refractivity contribution in [2.45, 2.75) is 32.7 Å². The fraction of sp³-hybridized carbons (Fsp3) is 0.348. The molecule has 158 valence electrons. The van der Waals surface area contributed by atoms with E-state index in [0.29, 0.717) is 0 Å². The summed E-state index contributed by atoms with van der Waals surface area (Å²) < 4.78 is 14.7. The standard InChI is InChI=1S/C23H25NO6/c1-14(2)12-29-23(27)30-21(25)15(3)24-22(26)28-13-20-18-10-6-4-8-16(18)17-9-5-7-11-19(17)20/h4-11,14-15,20H,12-13H2,1-3H3,(H,24,26). The van der Waals surface area contributed by atoms with Gasteiger partial charge in [-0.2, -0.15) is 0 Å². The molecular formula is C23H25NO6. The molecule has 0 aliphatic heterocycles. The van der Waals surface area contributed by atoms with Crippen molar-refractivity contribution >= 4 is 18.2 Å². The lowest BCUT2D eigenvalue weighted by Crippen LogP contribution is -2.41. The van der Waals surface area contributed by atoms with Crippen LogP contribution in [0.15, 0.2) is 48.5 Å². The molecule has 0 saturated heterocycles. The molecule has 1 aliphatic rings. The van der Waals surface area contributed by atoms with Gasteiger partial charge in [-0.15, -0.1) is 0 Å². The van der Waals surface area contributed by atoms with Crippen molar-refractivity contribution in [3.05, 3.63) is 59.7 Å². The molecule has 0 spiro atoms. The van der Waals surface area contributed by atoms with Crippen LogP contribution in [-0.2, 0) is 19.0 Å². The minimum atomic E-state index is -1.09. The highest BCUT2D eigenvalue weighted by Crippen LogP contribution is 2.44. The smallest absolute Gasteiger partial charge is 0.449 e. The third kappa shape index (κ3) is 4.97. The Labute approximate surface area is 175 Å². The van der Waals surface area contributed by atoms with Crippen LogP contribution in [0.4, 0.5) is 9.59 Å². The number of nitrogens with one attached hydrogen (secondary N) is 1. The molecule has 0 radical (unpaired) electrons. The van der Waals surface area contributed by atoms with Gasteiger partial charge >= 0.3 is 18.2 Å². The maximum Gasteiger partial charge on any atom is 0.516 e. The predicted octanol–water partition coefficient (Wildman–Crippen LogP) is 4.25. The van der Waals surface area contributed by atoms with E-state index in [2.05, 4.69) is 10.1 Å². The zero-order valence-corrected chi connectivity index (χ0v) is 17.2. The normalized spacial score (nSPS) is 13.2. The van der Waals surface area contributed by atoms with Crippen molar-refractivity contribution in [1.29, 1.82) is 0 Å². The predicted molar refractivity (Wildman–Crippen MR) is 110 cm³/mol. The fourth-order valence-corrected chi connectivity index (χ4v) is 3.31. The number of alkyl carbamates (subject to hydrolysis) is 1. The summed E-state index contributed by atoms with van der Waals surface area (Å²) in [6.07, 6.45) is -1.85. The first-order valence-corrected chi connectivity index (χ1v) is 9.86. The molecule has 7 heteroatoms. The summed E-state index contributed by atoms with van der Waals surface area (Å²) in [4.78, 5) is 35.6. The number of benzene rings is 2. The first-order valence-electron chi connectivity index (χ1n) is 9.86. The molecule has 30 heavy (non-hydrogen) atoms. The van der Waals surface area contributed by atoms with E-state index in [9.17, 15) is 14.4 Å². The van der Waals surface area contributed by atoms with Crippen LogP contribution in [0, 0.1) is 5.92 Å². The number of ether oxygens (including phenoxy) is 3. The van der Waals surface area contributed by atoms with Gasteiger partial charge in [-0.1, -0.05) is 62.4 Å². The summed E-state index contributed by atoms with van der Waals surface area (Å²) in [5, 5.41) is 2.38. The molecule has 0 saturated carbocycles. The third-order valence-electron chi connectivity index (χ3n) is 4.75. The van der Waals surface area contributed by atoms with Gasteiger partial charge in [0.05, 0.1) is 6.61 Å². The highest BCUT2D eigenvalue weighted by atomic mass is 16.7. The Kier molecular flexibility index (Phi) is 6.72. The maximum absolute atomic E-state index is 12.2. The average Bonchev–Trinajstić information content (AvgIpc) is 3.04. The van der Waals surface area contributed by atoms with Crippen LogP contribution >= 0.6 is 0 Å². The monoisotopic (exact) mass is 411 g/mol. The molecule has 3 rings (SSSR count). The molecule has 0 heterocycles. The van der Waals surface area contributed by atoms with E-state index in [1.54, 1.807) is 0 Å². The van der Waals surface area contributed by atoms with Crippen LogP contribution in [0.1, 0.15) is 37.8 Å². The summed E-state index contributed by atoms with van der Waals surface area (Å²) >= 11 is 0. The number of rotatable bonds is 6. The Morgan fingerprint density at radius 3 is 2.03 bits per heavy atom. The zero-order chi connectivity index (χ0) is 21.7. The van der Waals surface area contributed by atoms with Crippen LogP contribution in [-0.4, -0.2) is 37.5 Å². The van der Waals surface area contributed by atoms with E-state index in [0.717, 1.165) is 22.3 Å². The quantitative estimate of drug-likeness (QED) is 0.564. The van der Waals surface area contributed by atoms with Crippen LogP contribution in [0.25, 0.3) is 11.1 Å². The van der Waals surface area contributed by atoms with Gasteiger partial charge in [0.15, 0.2) is 0 Å². The lowest BCUT2D eigenvalue weighted by Gasteiger charge is -2.16. The third-order valence-corrected chi connectivity index (χ3v) is 4.75. The minimum Gasteiger partial charge on any atom is -0.449 e. The van der Waals surface area contributed by atoms with Crippen molar-refractivity contribution in [3.63, 3.8) is 0 Å². The Morgan fingerprint density at radius 1 is 0.900 bits per heavy atom. The van der Waals surface area contributed by atoms with E-state index in [-0.39, 0.29) is 25.0 Å². The van der Waals surface area contributed by atoms with Gasteiger partial charge < -0.3 is 19.5 Å². The van der Waals surface area contributed by atoms with Gasteiger partial charge in [0.1, 0.15) is 12.6 Å². The van der Waals surface area contributed by atoms with E-state index >= 15 is 0 Å². The van der Waals surface area contributed by atoms with Crippen molar-refractivity contribution in [2.24, 2.45) is 5.92 Å². The molecule has 0 aromatic heterocycles. The summed E-state index contributed by atoms with van der Waals surface area (Å²) in [7, 11) is 0. The van der Waals surface area contributed by atoms with Crippen LogP contribution in [0.5, 0.6) is 0 Å². The number of hydrogen-bond acceptors (Lipinski definition) is 6. The maximum atomic E-state index is 12.2. The van der Waals surface area contributed by atoms with Crippen molar-refractivity contribution in [1.82, 2.24) is 5.32 Å². The summed E-state index contributed by atoms with van der Waals surface area (Å²) in [5.41, 5.74) is 4.43. The molecule has 7 nitrogen and oxygen atoms in total. The van der Waals surface area contributed by atoms with Gasteiger partial charge in [-0.25, -0.2) is 14.4 Å². The molecule has 1 unspecified atom stereocenters. The molecule has 2 aromatic rings. The molecule has 0 bridgehead atoms. The lowest BCUT2D eigenvalue weighted by atomic mass is 9.98. The molecule has 1 aliphatic carbocycles. The van der Waals surface area contributed by atoms with Crippen molar-refractivity contribution < 1.29 is 28.6 Å². The second-order valence-electron chi connectivity index (χ2n) is 7.57. The Hall–Kier alpha value is -3.35. The molecule has 1 N–H and O–H groups in total. The SMILES string of the molecule is CC(C)COC(=O)OC(=O)C(C)NC(=O)OCC1c2ccccc2-c2ccccc21. The summed E-state index contributed by atoms with van der Waals surface area (Å²) in [5.74, 6) is -0.891. The second kappa shape index (κ2) is 9.43. The van der Waals surface area contributed by atoms with E-state index < -0.39 is 24.3 Å². The van der Waals surface area contributed by atoms with Gasteiger partial charge in [0.25, 0.3) is 0 Å². The molecule has 2 aromatic carbocycles. The first kappa shape index (κ1) is 21.4. The summed E-state index contributed by atoms with van der Waals surface area (Å²) in [6, 6.07) is 14.9.